The number of nitrogens with one attached hydrogen (secondary N) is 1. The maximum atomic E-state index is 10.7. The summed E-state index contributed by atoms with van der Waals surface area (Å²) in [5, 5.41) is 20.0. The Morgan fingerprint density at radius 2 is 1.46 bits per heavy atom. The number of nitrogens with zero attached hydrogens (tertiary/aromatic N) is 1. The number of hydroxylamine groups is 1. The van der Waals surface area contributed by atoms with Crippen LogP contribution in [-0.2, 0) is 4.79 Å². The molecule has 0 bridgehead atoms. The van der Waals surface area contributed by atoms with Crippen molar-refractivity contribution in [2.24, 2.45) is 0 Å². The molecule has 2 N–H and O–H groups in total. The molecule has 0 aromatic rings. The number of aliphatic carboxylic acids is 1. The van der Waals surface area contributed by atoms with Crippen LogP contribution in [0.2, 0.25) is 0 Å². The van der Waals surface area contributed by atoms with Crippen molar-refractivity contribution in [3.8, 4) is 0 Å². The molecule has 0 aliphatic heterocycles. The average molecular weight is 345 g/mol. The van der Waals surface area contributed by atoms with Crippen LogP contribution in [0.25, 0.3) is 0 Å². The second-order valence-electron chi connectivity index (χ2n) is 7.77. The Morgan fingerprint density at radius 1 is 0.958 bits per heavy atom. The quantitative estimate of drug-likeness (QED) is 0.242. The normalized spacial score (nSPS) is 13.2. The third-order valence-corrected chi connectivity index (χ3v) is 4.71. The van der Waals surface area contributed by atoms with Crippen LogP contribution in [0.1, 0.15) is 84.0 Å². The monoisotopic (exact) mass is 344 g/mol. The average Bonchev–Trinajstić information content (AvgIpc) is 2.50. The predicted molar refractivity (Wildman–Crippen MR) is 96.6 cm³/mol. The zero-order chi connectivity index (χ0) is 18.3. The molecule has 1 unspecified atom stereocenters. The number of carboxylic acids is 1. The summed E-state index contributed by atoms with van der Waals surface area (Å²) >= 11 is 0. The van der Waals surface area contributed by atoms with E-state index in [9.17, 15) is 15.1 Å². The fraction of sp³-hybridized carbons (Fsp3) is 0.947. The highest BCUT2D eigenvalue weighted by Gasteiger charge is 2.16. The first-order chi connectivity index (χ1) is 11.4. The lowest BCUT2D eigenvalue weighted by Crippen LogP contribution is -2.49. The molecule has 1 atom stereocenters. The first kappa shape index (κ1) is 23.4. The molecule has 0 fully saturated rings. The van der Waals surface area contributed by atoms with Gasteiger partial charge in [-0.1, -0.05) is 64.7 Å². The topological polar surface area (TPSA) is 72.4 Å². The van der Waals surface area contributed by atoms with Crippen LogP contribution < -0.4 is 10.6 Å². The van der Waals surface area contributed by atoms with Gasteiger partial charge in [-0.15, -0.1) is 0 Å². The van der Waals surface area contributed by atoms with Gasteiger partial charge in [-0.05, 0) is 19.3 Å². The highest BCUT2D eigenvalue weighted by atomic mass is 16.5. The highest BCUT2D eigenvalue weighted by molar-refractivity contribution is 5.65. The van der Waals surface area contributed by atoms with E-state index in [2.05, 4.69) is 12.4 Å². The molecule has 0 rings (SSSR count). The lowest BCUT2D eigenvalue weighted by Gasteiger charge is -2.30. The van der Waals surface area contributed by atoms with Crippen molar-refractivity contribution in [1.29, 1.82) is 0 Å². The molecule has 5 heteroatoms. The molecule has 0 saturated carbocycles. The van der Waals surface area contributed by atoms with Crippen molar-refractivity contribution in [2.45, 2.75) is 90.0 Å². The maximum absolute atomic E-state index is 10.7. The molecule has 0 aliphatic carbocycles. The maximum Gasteiger partial charge on any atom is 0.119 e. The lowest BCUT2D eigenvalue weighted by atomic mass is 10.0. The summed E-state index contributed by atoms with van der Waals surface area (Å²) in [7, 11) is 3.80. The molecular formula is C19H40N2O3. The number of carbonyl (C=O) groups is 1. The van der Waals surface area contributed by atoms with E-state index in [0.29, 0.717) is 4.48 Å². The van der Waals surface area contributed by atoms with Crippen molar-refractivity contribution < 1.29 is 19.6 Å². The van der Waals surface area contributed by atoms with Gasteiger partial charge in [0.25, 0.3) is 0 Å². The smallest absolute Gasteiger partial charge is 0.119 e. The standard InChI is InChI=1S/C19H40N2O3/c1-4-5-6-7-8-9-10-11-12-14-18(20-24)15-13-16-21(2,3)17-19(22)23/h18,20,24H,4-17H2,1-3H3. The summed E-state index contributed by atoms with van der Waals surface area (Å²) in [6.45, 7) is 3.06. The van der Waals surface area contributed by atoms with Gasteiger partial charge in [-0.25, -0.2) is 5.48 Å². The Kier molecular flexibility index (Phi) is 14.3. The zero-order valence-electron chi connectivity index (χ0n) is 16.2. The third-order valence-electron chi connectivity index (χ3n) is 4.71. The van der Waals surface area contributed by atoms with E-state index in [4.69, 9.17) is 0 Å². The SMILES string of the molecule is CCCCCCCCCCCC(CCC[N+](C)(C)CC(=O)[O-])NO. The van der Waals surface area contributed by atoms with E-state index in [1.54, 1.807) is 0 Å². The van der Waals surface area contributed by atoms with Gasteiger partial charge in [-0.3, -0.25) is 0 Å². The van der Waals surface area contributed by atoms with Gasteiger partial charge in [0.1, 0.15) is 6.54 Å². The predicted octanol–water partition coefficient (Wildman–Crippen LogP) is 2.86. The minimum atomic E-state index is -1.01. The number of rotatable bonds is 17. The minimum Gasteiger partial charge on any atom is -0.544 e. The molecule has 0 amide bonds. The van der Waals surface area contributed by atoms with Crippen LogP contribution in [0.3, 0.4) is 0 Å². The number of quaternary nitrogens is 1. The van der Waals surface area contributed by atoms with Gasteiger partial charge in [0.15, 0.2) is 0 Å². The van der Waals surface area contributed by atoms with Crippen molar-refractivity contribution in [3.63, 3.8) is 0 Å². The molecular weight excluding hydrogens is 304 g/mol. The summed E-state index contributed by atoms with van der Waals surface area (Å²) in [6, 6.07) is 0.123. The largest absolute Gasteiger partial charge is 0.544 e. The molecule has 24 heavy (non-hydrogen) atoms. The molecule has 0 aliphatic rings. The Labute approximate surface area is 149 Å². The van der Waals surface area contributed by atoms with Crippen molar-refractivity contribution in [2.75, 3.05) is 27.2 Å². The van der Waals surface area contributed by atoms with Crippen LogP contribution >= 0.6 is 0 Å². The van der Waals surface area contributed by atoms with Gasteiger partial charge in [0.2, 0.25) is 0 Å². The lowest BCUT2D eigenvalue weighted by molar-refractivity contribution is -0.885. The van der Waals surface area contributed by atoms with E-state index in [1.165, 1.54) is 51.4 Å². The molecule has 0 spiro atoms. The number of carbonyl (C=O) groups excluding carboxylic acids is 1. The summed E-state index contributed by atoms with van der Waals surface area (Å²) in [4.78, 5) is 10.7. The Hall–Kier alpha value is -0.650. The van der Waals surface area contributed by atoms with Crippen molar-refractivity contribution >= 4 is 5.97 Å². The summed E-state index contributed by atoms with van der Waals surface area (Å²) in [6.07, 6.45) is 14.5. The first-order valence-electron chi connectivity index (χ1n) is 9.82. The van der Waals surface area contributed by atoms with Gasteiger partial charge < -0.3 is 19.6 Å². The van der Waals surface area contributed by atoms with Crippen molar-refractivity contribution in [3.05, 3.63) is 0 Å². The summed E-state index contributed by atoms with van der Waals surface area (Å²) in [5.41, 5.74) is 2.42. The third kappa shape index (κ3) is 14.9. The molecule has 5 nitrogen and oxygen atoms in total. The highest BCUT2D eigenvalue weighted by Crippen LogP contribution is 2.13. The molecule has 0 saturated heterocycles. The van der Waals surface area contributed by atoms with Gasteiger partial charge in [0, 0.05) is 6.04 Å². The van der Waals surface area contributed by atoms with Crippen LogP contribution in [0.4, 0.5) is 0 Å². The van der Waals surface area contributed by atoms with E-state index in [0.717, 1.165) is 32.2 Å². The first-order valence-corrected chi connectivity index (χ1v) is 9.82. The van der Waals surface area contributed by atoms with E-state index in [-0.39, 0.29) is 12.6 Å². The van der Waals surface area contributed by atoms with Gasteiger partial charge in [-0.2, -0.15) is 0 Å². The number of hydrogen-bond donors (Lipinski definition) is 2. The second kappa shape index (κ2) is 14.7. The second-order valence-corrected chi connectivity index (χ2v) is 7.77. The summed E-state index contributed by atoms with van der Waals surface area (Å²) in [5.74, 6) is -1.01. The Balaban J connectivity index is 3.61. The van der Waals surface area contributed by atoms with E-state index in [1.807, 2.05) is 14.1 Å². The minimum absolute atomic E-state index is 0.0372. The van der Waals surface area contributed by atoms with Gasteiger partial charge >= 0.3 is 0 Å². The van der Waals surface area contributed by atoms with Crippen molar-refractivity contribution in [1.82, 2.24) is 5.48 Å². The van der Waals surface area contributed by atoms with Crippen LogP contribution in [0.5, 0.6) is 0 Å². The van der Waals surface area contributed by atoms with Crippen LogP contribution in [0.15, 0.2) is 0 Å². The van der Waals surface area contributed by atoms with E-state index < -0.39 is 5.97 Å². The molecule has 144 valence electrons. The van der Waals surface area contributed by atoms with Gasteiger partial charge in [0.05, 0.1) is 26.6 Å². The fourth-order valence-electron chi connectivity index (χ4n) is 3.17. The molecule has 0 radical (unpaired) electrons. The van der Waals surface area contributed by atoms with Crippen LogP contribution in [-0.4, -0.2) is 48.9 Å². The van der Waals surface area contributed by atoms with Crippen LogP contribution in [0, 0.1) is 0 Å². The molecule has 0 aromatic heterocycles. The molecule has 0 heterocycles. The molecule has 0 aromatic carbocycles. The number of likely N-dealkylation sites (N-methyl/N-ethyl adjacent to an activating group) is 1. The van der Waals surface area contributed by atoms with E-state index >= 15 is 0 Å². The summed E-state index contributed by atoms with van der Waals surface area (Å²) < 4.78 is 0.429. The Bertz CT molecular complexity index is 309. The number of hydrogen-bond acceptors (Lipinski definition) is 4. The number of unbranched alkanes of at least 4 members (excludes halogenated alkanes) is 8. The fourth-order valence-corrected chi connectivity index (χ4v) is 3.17. The Morgan fingerprint density at radius 3 is 1.96 bits per heavy atom. The number of carboxylic acid groups (broad SMARTS) is 1. The zero-order valence-corrected chi connectivity index (χ0v) is 16.2.